The molecule has 1 aromatic rings. The van der Waals surface area contributed by atoms with Gasteiger partial charge in [0.1, 0.15) is 0 Å². The summed E-state index contributed by atoms with van der Waals surface area (Å²) in [5, 5.41) is 3.42. The molecule has 2 rings (SSSR count). The van der Waals surface area contributed by atoms with Crippen LogP contribution in [0.25, 0.3) is 0 Å². The smallest absolute Gasteiger partial charge is 0.244 e. The number of likely N-dealkylation sites (N-methyl/N-ethyl adjacent to an activating group) is 1. The largest absolute Gasteiger partial charge is 0.335 e. The van der Waals surface area contributed by atoms with Gasteiger partial charge in [0, 0.05) is 7.05 Å². The topological polar surface area (TPSA) is 52.7 Å². The Morgan fingerprint density at radius 3 is 2.24 bits per heavy atom. The highest BCUT2D eigenvalue weighted by atomic mass is 35.5. The molecule has 5 nitrogen and oxygen atoms in total. The van der Waals surface area contributed by atoms with Crippen LogP contribution < -0.4 is 5.32 Å². The summed E-state index contributed by atoms with van der Waals surface area (Å²) in [6.45, 7) is 2.22. The van der Waals surface area contributed by atoms with E-state index in [1.807, 2.05) is 0 Å². The molecule has 0 aliphatic carbocycles. The molecule has 0 radical (unpaired) electrons. The first-order chi connectivity index (χ1) is 12.0. The Labute approximate surface area is 159 Å². The molecule has 1 aliphatic rings. The van der Waals surface area contributed by atoms with Crippen molar-refractivity contribution in [1.82, 2.24) is 9.80 Å². The first kappa shape index (κ1) is 20.0. The highest BCUT2D eigenvalue weighted by molar-refractivity contribution is 6.39. The highest BCUT2D eigenvalue weighted by Gasteiger charge is 2.18. The van der Waals surface area contributed by atoms with Gasteiger partial charge in [-0.1, -0.05) is 48.5 Å². The van der Waals surface area contributed by atoms with Crippen LogP contribution in [0.2, 0.25) is 10.0 Å². The third kappa shape index (κ3) is 6.49. The van der Waals surface area contributed by atoms with Crippen molar-refractivity contribution >= 4 is 40.7 Å². The molecule has 1 fully saturated rings. The molecule has 138 valence electrons. The average Bonchev–Trinajstić information content (AvgIpc) is 2.53. The number of nitrogens with one attached hydrogen (secondary N) is 1. The fourth-order valence-corrected chi connectivity index (χ4v) is 3.37. The van der Waals surface area contributed by atoms with Crippen LogP contribution in [0.1, 0.15) is 32.1 Å². The van der Waals surface area contributed by atoms with Crippen LogP contribution in [-0.4, -0.2) is 54.8 Å². The molecule has 2 amide bonds. The van der Waals surface area contributed by atoms with Crippen molar-refractivity contribution in [3.8, 4) is 0 Å². The fourth-order valence-electron chi connectivity index (χ4n) is 2.88. The van der Waals surface area contributed by atoms with Crippen LogP contribution >= 0.6 is 23.2 Å². The molecule has 1 aliphatic heterocycles. The second-order valence-electron chi connectivity index (χ2n) is 6.44. The highest BCUT2D eigenvalue weighted by Crippen LogP contribution is 2.29. The summed E-state index contributed by atoms with van der Waals surface area (Å²) in [6.07, 6.45) is 5.99. The number of amides is 2. The van der Waals surface area contributed by atoms with Crippen molar-refractivity contribution in [2.24, 2.45) is 0 Å². The molecule has 0 unspecified atom stereocenters. The van der Waals surface area contributed by atoms with Crippen molar-refractivity contribution < 1.29 is 9.59 Å². The third-order valence-electron chi connectivity index (χ3n) is 4.34. The number of para-hydroxylation sites is 1. The second-order valence-corrected chi connectivity index (χ2v) is 7.25. The van der Waals surface area contributed by atoms with Crippen molar-refractivity contribution in [2.45, 2.75) is 32.1 Å². The van der Waals surface area contributed by atoms with E-state index in [1.54, 1.807) is 25.2 Å². The van der Waals surface area contributed by atoms with E-state index in [2.05, 4.69) is 10.2 Å². The predicted molar refractivity (Wildman–Crippen MR) is 102 cm³/mol. The van der Waals surface area contributed by atoms with Crippen molar-refractivity contribution in [3.05, 3.63) is 28.2 Å². The summed E-state index contributed by atoms with van der Waals surface area (Å²) in [5.41, 5.74) is 0.375. The lowest BCUT2D eigenvalue weighted by atomic mass is 10.1. The zero-order chi connectivity index (χ0) is 18.2. The van der Waals surface area contributed by atoms with E-state index in [4.69, 9.17) is 23.2 Å². The maximum atomic E-state index is 12.4. The van der Waals surface area contributed by atoms with Crippen LogP contribution in [0.15, 0.2) is 18.2 Å². The summed E-state index contributed by atoms with van der Waals surface area (Å²) in [5.74, 6) is -0.375. The number of nitrogens with zero attached hydrogens (tertiary/aromatic N) is 2. The lowest BCUT2D eigenvalue weighted by Crippen LogP contribution is -2.42. The van der Waals surface area contributed by atoms with E-state index in [0.717, 1.165) is 25.9 Å². The standard InChI is InChI=1S/C18H25Cl2N3O2/c1-22(17(25)13-23-10-5-3-2-4-6-11-23)12-16(24)21-18-14(19)8-7-9-15(18)20/h7-9H,2-6,10-13H2,1H3,(H,21,24). The van der Waals surface area contributed by atoms with Gasteiger partial charge in [0.25, 0.3) is 0 Å². The van der Waals surface area contributed by atoms with Gasteiger partial charge in [0.05, 0.1) is 28.8 Å². The molecule has 7 heteroatoms. The molecular weight excluding hydrogens is 361 g/mol. The van der Waals surface area contributed by atoms with Crippen molar-refractivity contribution in [3.63, 3.8) is 0 Å². The van der Waals surface area contributed by atoms with Crippen LogP contribution in [-0.2, 0) is 9.59 Å². The van der Waals surface area contributed by atoms with Crippen LogP contribution in [0.5, 0.6) is 0 Å². The summed E-state index contributed by atoms with van der Waals surface area (Å²) in [4.78, 5) is 28.2. The van der Waals surface area contributed by atoms with Gasteiger partial charge >= 0.3 is 0 Å². The molecular formula is C18H25Cl2N3O2. The van der Waals surface area contributed by atoms with E-state index in [9.17, 15) is 9.59 Å². The number of anilines is 1. The molecule has 1 heterocycles. The second kappa shape index (κ2) is 10.00. The normalized spacial score (nSPS) is 16.0. The zero-order valence-corrected chi connectivity index (χ0v) is 16.1. The Bertz CT molecular complexity index is 582. The van der Waals surface area contributed by atoms with Crippen LogP contribution in [0, 0.1) is 0 Å². The first-order valence-electron chi connectivity index (χ1n) is 8.67. The minimum atomic E-state index is -0.321. The van der Waals surface area contributed by atoms with Gasteiger partial charge in [-0.15, -0.1) is 0 Å². The Hall–Kier alpha value is -1.30. The third-order valence-corrected chi connectivity index (χ3v) is 4.97. The Balaban J connectivity index is 1.84. The molecule has 0 aromatic heterocycles. The van der Waals surface area contributed by atoms with E-state index < -0.39 is 0 Å². The summed E-state index contributed by atoms with van der Waals surface area (Å²) in [6, 6.07) is 5.01. The van der Waals surface area contributed by atoms with Gasteiger partial charge in [0.2, 0.25) is 11.8 Å². The van der Waals surface area contributed by atoms with Gasteiger partial charge in [-0.3, -0.25) is 14.5 Å². The molecule has 0 atom stereocenters. The number of halogens is 2. The predicted octanol–water partition coefficient (Wildman–Crippen LogP) is 3.66. The van der Waals surface area contributed by atoms with Gasteiger partial charge in [-0.25, -0.2) is 0 Å². The van der Waals surface area contributed by atoms with Gasteiger partial charge in [0.15, 0.2) is 0 Å². The minimum Gasteiger partial charge on any atom is -0.335 e. The molecule has 1 saturated heterocycles. The summed E-state index contributed by atoms with van der Waals surface area (Å²) >= 11 is 12.1. The number of rotatable bonds is 5. The SMILES string of the molecule is CN(CC(=O)Nc1c(Cl)cccc1Cl)C(=O)CN1CCCCCCC1. The minimum absolute atomic E-state index is 0.0335. The molecule has 0 saturated carbocycles. The molecule has 1 N–H and O–H groups in total. The van der Waals surface area contributed by atoms with E-state index in [1.165, 1.54) is 24.2 Å². The molecule has 25 heavy (non-hydrogen) atoms. The number of benzene rings is 1. The lowest BCUT2D eigenvalue weighted by Gasteiger charge is -2.26. The van der Waals surface area contributed by atoms with Gasteiger partial charge in [-0.2, -0.15) is 0 Å². The van der Waals surface area contributed by atoms with Crippen molar-refractivity contribution in [1.29, 1.82) is 0 Å². The average molecular weight is 386 g/mol. The summed E-state index contributed by atoms with van der Waals surface area (Å²) in [7, 11) is 1.64. The molecule has 0 bridgehead atoms. The first-order valence-corrected chi connectivity index (χ1v) is 9.43. The van der Waals surface area contributed by atoms with Crippen LogP contribution in [0.4, 0.5) is 5.69 Å². The number of likely N-dealkylation sites (tertiary alicyclic amines) is 1. The van der Waals surface area contributed by atoms with Crippen molar-refractivity contribution in [2.75, 3.05) is 38.5 Å². The maximum absolute atomic E-state index is 12.4. The quantitative estimate of drug-likeness (QED) is 0.841. The fraction of sp³-hybridized carbons (Fsp3) is 0.556. The maximum Gasteiger partial charge on any atom is 0.244 e. The molecule has 1 aromatic carbocycles. The van der Waals surface area contributed by atoms with E-state index >= 15 is 0 Å². The Morgan fingerprint density at radius 1 is 1.08 bits per heavy atom. The number of carbonyl (C=O) groups is 2. The van der Waals surface area contributed by atoms with Gasteiger partial charge in [-0.05, 0) is 38.1 Å². The number of hydrogen-bond acceptors (Lipinski definition) is 3. The number of hydrogen-bond donors (Lipinski definition) is 1. The Morgan fingerprint density at radius 2 is 1.64 bits per heavy atom. The monoisotopic (exact) mass is 385 g/mol. The van der Waals surface area contributed by atoms with Crippen LogP contribution in [0.3, 0.4) is 0 Å². The van der Waals surface area contributed by atoms with E-state index in [0.29, 0.717) is 22.3 Å². The van der Waals surface area contributed by atoms with E-state index in [-0.39, 0.29) is 18.4 Å². The Kier molecular flexibility index (Phi) is 8.00. The number of carbonyl (C=O) groups excluding carboxylic acids is 2. The molecule has 0 spiro atoms. The lowest BCUT2D eigenvalue weighted by molar-refractivity contribution is -0.134. The zero-order valence-electron chi connectivity index (χ0n) is 14.6. The van der Waals surface area contributed by atoms with Gasteiger partial charge < -0.3 is 10.2 Å². The summed E-state index contributed by atoms with van der Waals surface area (Å²) < 4.78 is 0.